The Balaban J connectivity index is 1.41. The minimum atomic E-state index is -0.144. The van der Waals surface area contributed by atoms with E-state index in [1.54, 1.807) is 0 Å². The van der Waals surface area contributed by atoms with Crippen LogP contribution in [-0.2, 0) is 22.6 Å². The summed E-state index contributed by atoms with van der Waals surface area (Å²) in [5.74, 6) is 0.0302. The second-order valence-electron chi connectivity index (χ2n) is 5.63. The minimum Gasteiger partial charge on any atom is -0.351 e. The minimum absolute atomic E-state index is 0.0753. The lowest BCUT2D eigenvalue weighted by atomic mass is 10.1. The van der Waals surface area contributed by atoms with Crippen molar-refractivity contribution in [1.82, 2.24) is 15.5 Å². The molecule has 0 radical (unpaired) electrons. The van der Waals surface area contributed by atoms with Crippen LogP contribution in [0.1, 0.15) is 11.1 Å². The summed E-state index contributed by atoms with van der Waals surface area (Å²) in [4.78, 5) is 24.0. The fourth-order valence-corrected chi connectivity index (χ4v) is 3.84. The highest BCUT2D eigenvalue weighted by molar-refractivity contribution is 8.01. The van der Waals surface area contributed by atoms with Crippen molar-refractivity contribution >= 4 is 40.0 Å². The molecule has 2 N–H and O–H groups in total. The van der Waals surface area contributed by atoms with E-state index in [4.69, 9.17) is 0 Å². The summed E-state index contributed by atoms with van der Waals surface area (Å²) in [5.41, 5.74) is 1.99. The van der Waals surface area contributed by atoms with Crippen LogP contribution < -0.4 is 10.6 Å². The fraction of sp³-hybridized carbons (Fsp3) is 0.158. The van der Waals surface area contributed by atoms with E-state index in [-0.39, 0.29) is 24.0 Å². The number of anilines is 1. The molecule has 138 valence electrons. The topological polar surface area (TPSA) is 84.0 Å². The molecule has 0 aliphatic heterocycles. The first-order valence-electron chi connectivity index (χ1n) is 8.30. The molecule has 0 atom stereocenters. The van der Waals surface area contributed by atoms with Gasteiger partial charge in [-0.3, -0.25) is 9.59 Å². The summed E-state index contributed by atoms with van der Waals surface area (Å²) in [7, 11) is 0. The van der Waals surface area contributed by atoms with Crippen LogP contribution in [0.15, 0.2) is 65.0 Å². The summed E-state index contributed by atoms with van der Waals surface area (Å²) in [6.45, 7) is 0.497. The van der Waals surface area contributed by atoms with Gasteiger partial charge in [-0.1, -0.05) is 83.8 Å². The lowest BCUT2D eigenvalue weighted by Gasteiger charge is -2.03. The molecule has 2 amide bonds. The van der Waals surface area contributed by atoms with E-state index in [9.17, 15) is 9.59 Å². The molecule has 0 fully saturated rings. The highest BCUT2D eigenvalue weighted by atomic mass is 32.2. The van der Waals surface area contributed by atoms with Crippen molar-refractivity contribution in [2.45, 2.75) is 17.3 Å². The van der Waals surface area contributed by atoms with Crippen LogP contribution in [0.5, 0.6) is 0 Å². The first-order valence-corrected chi connectivity index (χ1v) is 10.1. The van der Waals surface area contributed by atoms with E-state index in [1.165, 1.54) is 23.1 Å². The number of benzene rings is 2. The zero-order valence-electron chi connectivity index (χ0n) is 14.4. The lowest BCUT2D eigenvalue weighted by molar-refractivity contribution is -0.118. The molecule has 0 spiro atoms. The molecule has 27 heavy (non-hydrogen) atoms. The zero-order valence-corrected chi connectivity index (χ0v) is 16.1. The van der Waals surface area contributed by atoms with Gasteiger partial charge in [0.05, 0.1) is 12.2 Å². The number of nitrogens with one attached hydrogen (secondary N) is 2. The maximum absolute atomic E-state index is 12.0. The van der Waals surface area contributed by atoms with Crippen LogP contribution in [-0.4, -0.2) is 27.8 Å². The molecule has 2 aromatic carbocycles. The molecule has 6 nitrogen and oxygen atoms in total. The van der Waals surface area contributed by atoms with Crippen molar-refractivity contribution in [3.8, 4) is 0 Å². The molecule has 3 rings (SSSR count). The van der Waals surface area contributed by atoms with Crippen molar-refractivity contribution in [2.24, 2.45) is 0 Å². The second-order valence-corrected chi connectivity index (χ2v) is 7.83. The number of amides is 2. The van der Waals surface area contributed by atoms with E-state index in [2.05, 4.69) is 20.8 Å². The van der Waals surface area contributed by atoms with Crippen molar-refractivity contribution in [3.63, 3.8) is 0 Å². The van der Waals surface area contributed by atoms with Crippen molar-refractivity contribution in [2.75, 3.05) is 11.1 Å². The van der Waals surface area contributed by atoms with Crippen LogP contribution in [0.2, 0.25) is 0 Å². The SMILES string of the molecule is O=C(CSc1nnc(NC(=O)Cc2ccccc2)s1)NCc1ccccc1. The van der Waals surface area contributed by atoms with Gasteiger partial charge in [0.1, 0.15) is 0 Å². The highest BCUT2D eigenvalue weighted by Gasteiger charge is 2.11. The van der Waals surface area contributed by atoms with Gasteiger partial charge in [0.25, 0.3) is 0 Å². The third kappa shape index (κ3) is 6.50. The van der Waals surface area contributed by atoms with E-state index in [0.717, 1.165) is 11.1 Å². The molecule has 3 aromatic rings. The molecule has 0 unspecified atom stereocenters. The Morgan fingerprint density at radius 3 is 2.26 bits per heavy atom. The van der Waals surface area contributed by atoms with Gasteiger partial charge in [0.2, 0.25) is 16.9 Å². The first-order chi connectivity index (χ1) is 13.2. The van der Waals surface area contributed by atoms with Gasteiger partial charge in [0, 0.05) is 6.54 Å². The maximum atomic E-state index is 12.0. The largest absolute Gasteiger partial charge is 0.351 e. The highest BCUT2D eigenvalue weighted by Crippen LogP contribution is 2.25. The molecular weight excluding hydrogens is 380 g/mol. The molecule has 0 aliphatic carbocycles. The van der Waals surface area contributed by atoms with Gasteiger partial charge in [-0.15, -0.1) is 10.2 Å². The van der Waals surface area contributed by atoms with Crippen LogP contribution in [0.25, 0.3) is 0 Å². The van der Waals surface area contributed by atoms with Crippen molar-refractivity contribution in [3.05, 3.63) is 71.8 Å². The zero-order chi connectivity index (χ0) is 18.9. The van der Waals surface area contributed by atoms with E-state index < -0.39 is 0 Å². The predicted molar refractivity (Wildman–Crippen MR) is 108 cm³/mol. The number of hydrogen-bond acceptors (Lipinski definition) is 6. The van der Waals surface area contributed by atoms with Crippen LogP contribution >= 0.6 is 23.1 Å². The summed E-state index contributed by atoms with van der Waals surface area (Å²) in [6, 6.07) is 19.2. The number of carbonyl (C=O) groups excluding carboxylic acids is 2. The Labute approximate surface area is 165 Å². The number of aromatic nitrogens is 2. The number of nitrogens with zero attached hydrogens (tertiary/aromatic N) is 2. The summed E-state index contributed by atoms with van der Waals surface area (Å²) >= 11 is 2.55. The molecule has 0 saturated heterocycles. The van der Waals surface area contributed by atoms with Gasteiger partial charge < -0.3 is 10.6 Å². The molecule has 0 bridgehead atoms. The second kappa shape index (κ2) is 9.84. The third-order valence-corrected chi connectivity index (χ3v) is 5.49. The van der Waals surface area contributed by atoms with Crippen molar-refractivity contribution < 1.29 is 9.59 Å². The quantitative estimate of drug-likeness (QED) is 0.450. The number of rotatable bonds is 8. The molecule has 0 aliphatic rings. The van der Waals surface area contributed by atoms with Crippen LogP contribution in [0, 0.1) is 0 Å². The van der Waals surface area contributed by atoms with Crippen molar-refractivity contribution in [1.29, 1.82) is 0 Å². The van der Waals surface area contributed by atoms with Gasteiger partial charge in [-0.2, -0.15) is 0 Å². The lowest BCUT2D eigenvalue weighted by Crippen LogP contribution is -2.24. The number of carbonyl (C=O) groups is 2. The number of hydrogen-bond donors (Lipinski definition) is 2. The van der Waals surface area contributed by atoms with Gasteiger partial charge in [0.15, 0.2) is 4.34 Å². The Bertz CT molecular complexity index is 885. The molecule has 1 heterocycles. The first kappa shape index (κ1) is 19.1. The summed E-state index contributed by atoms with van der Waals surface area (Å²) < 4.78 is 0.639. The van der Waals surface area contributed by atoms with Crippen LogP contribution in [0.4, 0.5) is 5.13 Å². The standard InChI is InChI=1S/C19H18N4O2S2/c24-16(11-14-7-3-1-4-8-14)21-18-22-23-19(27-18)26-13-17(25)20-12-15-9-5-2-6-10-15/h1-10H,11-13H2,(H,20,25)(H,21,22,24). The Morgan fingerprint density at radius 1 is 0.889 bits per heavy atom. The summed E-state index contributed by atoms with van der Waals surface area (Å²) in [5, 5.41) is 14.0. The Hall–Kier alpha value is -2.71. The summed E-state index contributed by atoms with van der Waals surface area (Å²) in [6.07, 6.45) is 0.283. The maximum Gasteiger partial charge on any atom is 0.230 e. The fourth-order valence-electron chi connectivity index (χ4n) is 2.24. The van der Waals surface area contributed by atoms with E-state index in [0.29, 0.717) is 16.0 Å². The molecule has 8 heteroatoms. The van der Waals surface area contributed by atoms with E-state index >= 15 is 0 Å². The molecule has 0 saturated carbocycles. The van der Waals surface area contributed by atoms with Gasteiger partial charge in [-0.25, -0.2) is 0 Å². The van der Waals surface area contributed by atoms with Gasteiger partial charge in [-0.05, 0) is 11.1 Å². The number of thioether (sulfide) groups is 1. The molecular formula is C19H18N4O2S2. The van der Waals surface area contributed by atoms with Gasteiger partial charge >= 0.3 is 0 Å². The Kier molecular flexibility index (Phi) is 6.95. The monoisotopic (exact) mass is 398 g/mol. The third-order valence-electron chi connectivity index (χ3n) is 3.52. The predicted octanol–water partition coefficient (Wildman–Crippen LogP) is 3.13. The normalized spacial score (nSPS) is 10.4. The Morgan fingerprint density at radius 2 is 1.56 bits per heavy atom. The smallest absolute Gasteiger partial charge is 0.230 e. The van der Waals surface area contributed by atoms with Crippen LogP contribution in [0.3, 0.4) is 0 Å². The average molecular weight is 399 g/mol. The molecule has 1 aromatic heterocycles. The van der Waals surface area contributed by atoms with E-state index in [1.807, 2.05) is 60.7 Å². The average Bonchev–Trinajstić information content (AvgIpc) is 3.13.